The van der Waals surface area contributed by atoms with Crippen molar-refractivity contribution in [2.75, 3.05) is 6.54 Å². The fourth-order valence-electron chi connectivity index (χ4n) is 1.56. The molecule has 0 saturated heterocycles. The van der Waals surface area contributed by atoms with Gasteiger partial charge in [-0.2, -0.15) is 0 Å². The Hall–Kier alpha value is -2.14. The Balaban J connectivity index is 2.02. The van der Waals surface area contributed by atoms with Gasteiger partial charge in [0.15, 0.2) is 5.78 Å². The number of nitrogens with zero attached hydrogens (tertiary/aromatic N) is 2. The molecule has 2 rings (SSSR count). The molecule has 1 aliphatic rings. The molecular formula is C12H14N4O. The summed E-state index contributed by atoms with van der Waals surface area (Å²) in [5.74, 6) is 0.711. The summed E-state index contributed by atoms with van der Waals surface area (Å²) in [4.78, 5) is 12.0. The van der Waals surface area contributed by atoms with Gasteiger partial charge in [0, 0.05) is 5.56 Å². The molecule has 0 atom stereocenters. The molecule has 0 saturated carbocycles. The van der Waals surface area contributed by atoms with Crippen LogP contribution in [0.25, 0.3) is 0 Å². The van der Waals surface area contributed by atoms with Crippen molar-refractivity contribution < 1.29 is 4.79 Å². The maximum Gasteiger partial charge on any atom is 0.170 e. The van der Waals surface area contributed by atoms with E-state index in [0.29, 0.717) is 17.9 Å². The molecule has 0 aromatic heterocycles. The van der Waals surface area contributed by atoms with Crippen molar-refractivity contribution in [3.05, 3.63) is 48.6 Å². The molecule has 0 spiro atoms. The Morgan fingerprint density at radius 2 is 2.18 bits per heavy atom. The number of hydrogen-bond donors (Lipinski definition) is 2. The lowest BCUT2D eigenvalue weighted by Crippen LogP contribution is -2.41. The Morgan fingerprint density at radius 3 is 2.88 bits per heavy atom. The molecule has 0 fully saturated rings. The largest absolute Gasteiger partial charge is 0.294 e. The van der Waals surface area contributed by atoms with Crippen LogP contribution in [0.2, 0.25) is 0 Å². The predicted molar refractivity (Wildman–Crippen MR) is 66.0 cm³/mol. The monoisotopic (exact) mass is 230 g/mol. The van der Waals surface area contributed by atoms with Gasteiger partial charge in [0.1, 0.15) is 5.84 Å². The van der Waals surface area contributed by atoms with E-state index < -0.39 is 0 Å². The smallest absolute Gasteiger partial charge is 0.170 e. The lowest BCUT2D eigenvalue weighted by molar-refractivity contribution is 0.0997. The summed E-state index contributed by atoms with van der Waals surface area (Å²) in [6.45, 7) is 4.24. The van der Waals surface area contributed by atoms with Crippen molar-refractivity contribution in [1.82, 2.24) is 16.1 Å². The minimum atomic E-state index is 0.0453. The van der Waals surface area contributed by atoms with Crippen molar-refractivity contribution in [2.45, 2.75) is 6.42 Å². The molecule has 0 radical (unpaired) electrons. The normalized spacial score (nSPS) is 14.1. The number of carbonyl (C=O) groups excluding carboxylic acids is 1. The Bertz CT molecular complexity index is 441. The number of carbonyl (C=O) groups is 1. The van der Waals surface area contributed by atoms with E-state index in [9.17, 15) is 4.79 Å². The SMILES string of the molecule is C=CCN1NNN=C1CC(=O)c1ccccc1. The van der Waals surface area contributed by atoms with Gasteiger partial charge in [0.05, 0.1) is 13.0 Å². The minimum absolute atomic E-state index is 0.0453. The van der Waals surface area contributed by atoms with Crippen LogP contribution in [0.1, 0.15) is 16.8 Å². The van der Waals surface area contributed by atoms with E-state index in [2.05, 4.69) is 22.7 Å². The van der Waals surface area contributed by atoms with E-state index >= 15 is 0 Å². The molecular weight excluding hydrogens is 216 g/mol. The molecule has 1 aliphatic heterocycles. The second-order valence-corrected chi connectivity index (χ2v) is 3.62. The van der Waals surface area contributed by atoms with Crippen molar-refractivity contribution >= 4 is 11.6 Å². The van der Waals surface area contributed by atoms with Gasteiger partial charge in [-0.15, -0.1) is 17.2 Å². The predicted octanol–water partition coefficient (Wildman–Crippen LogP) is 1.08. The van der Waals surface area contributed by atoms with Gasteiger partial charge < -0.3 is 0 Å². The number of hydrazine groups is 2. The van der Waals surface area contributed by atoms with Crippen molar-refractivity contribution in [3.8, 4) is 0 Å². The maximum atomic E-state index is 12.0. The Morgan fingerprint density at radius 1 is 1.41 bits per heavy atom. The van der Waals surface area contributed by atoms with Crippen LogP contribution in [0.15, 0.2) is 48.1 Å². The second-order valence-electron chi connectivity index (χ2n) is 3.62. The number of nitrogens with one attached hydrogen (secondary N) is 2. The lowest BCUT2D eigenvalue weighted by atomic mass is 10.1. The minimum Gasteiger partial charge on any atom is -0.294 e. The molecule has 88 valence electrons. The van der Waals surface area contributed by atoms with Crippen LogP contribution in [0.3, 0.4) is 0 Å². The molecule has 0 unspecified atom stereocenters. The van der Waals surface area contributed by atoms with E-state index in [-0.39, 0.29) is 12.2 Å². The zero-order valence-electron chi connectivity index (χ0n) is 9.39. The van der Waals surface area contributed by atoms with Crippen LogP contribution in [0.5, 0.6) is 0 Å². The van der Waals surface area contributed by atoms with E-state index in [4.69, 9.17) is 0 Å². The summed E-state index contributed by atoms with van der Waals surface area (Å²) in [6.07, 6.45) is 2.00. The number of benzene rings is 1. The third kappa shape index (κ3) is 2.70. The molecule has 1 heterocycles. The second kappa shape index (κ2) is 5.27. The van der Waals surface area contributed by atoms with Gasteiger partial charge >= 0.3 is 0 Å². The Labute approximate surface area is 99.8 Å². The third-order valence-corrected chi connectivity index (χ3v) is 2.41. The highest BCUT2D eigenvalue weighted by molar-refractivity contribution is 6.09. The zero-order valence-corrected chi connectivity index (χ0v) is 9.39. The molecule has 17 heavy (non-hydrogen) atoms. The van der Waals surface area contributed by atoms with Gasteiger partial charge in [-0.1, -0.05) is 36.4 Å². The van der Waals surface area contributed by atoms with Crippen LogP contribution in [-0.2, 0) is 0 Å². The number of rotatable bonds is 5. The fourth-order valence-corrected chi connectivity index (χ4v) is 1.56. The van der Waals surface area contributed by atoms with Gasteiger partial charge in [0.2, 0.25) is 0 Å². The van der Waals surface area contributed by atoms with Crippen molar-refractivity contribution in [2.24, 2.45) is 5.10 Å². The molecule has 0 aliphatic carbocycles. The van der Waals surface area contributed by atoms with E-state index in [0.717, 1.165) is 0 Å². The summed E-state index contributed by atoms with van der Waals surface area (Å²) >= 11 is 0. The van der Waals surface area contributed by atoms with E-state index in [1.54, 1.807) is 23.2 Å². The number of amidine groups is 1. The zero-order chi connectivity index (χ0) is 12.1. The summed E-state index contributed by atoms with van der Waals surface area (Å²) in [5, 5.41) is 5.76. The lowest BCUT2D eigenvalue weighted by Gasteiger charge is -2.15. The van der Waals surface area contributed by atoms with Crippen molar-refractivity contribution in [1.29, 1.82) is 0 Å². The topological polar surface area (TPSA) is 56.7 Å². The van der Waals surface area contributed by atoms with Gasteiger partial charge in [0.25, 0.3) is 0 Å². The van der Waals surface area contributed by atoms with Crippen LogP contribution < -0.4 is 11.1 Å². The van der Waals surface area contributed by atoms with Gasteiger partial charge in [-0.05, 0) is 0 Å². The Kier molecular flexibility index (Phi) is 3.52. The average molecular weight is 230 g/mol. The van der Waals surface area contributed by atoms with Gasteiger partial charge in [-0.3, -0.25) is 9.80 Å². The van der Waals surface area contributed by atoms with Crippen LogP contribution >= 0.6 is 0 Å². The first kappa shape index (κ1) is 11.3. The highest BCUT2D eigenvalue weighted by atomic mass is 16.1. The number of hydrogen-bond acceptors (Lipinski definition) is 5. The number of hydrazone groups is 1. The molecule has 0 bridgehead atoms. The first-order valence-corrected chi connectivity index (χ1v) is 5.35. The van der Waals surface area contributed by atoms with E-state index in [1.807, 2.05) is 18.2 Å². The number of Topliss-reactive ketones (excluding diaryl/α,β-unsaturated/α-hetero) is 1. The first-order valence-electron chi connectivity index (χ1n) is 5.35. The molecule has 1 aromatic rings. The fraction of sp³-hybridized carbons (Fsp3) is 0.167. The molecule has 5 heteroatoms. The highest BCUT2D eigenvalue weighted by Gasteiger charge is 2.19. The maximum absolute atomic E-state index is 12.0. The molecule has 5 nitrogen and oxygen atoms in total. The number of ketones is 1. The van der Waals surface area contributed by atoms with E-state index in [1.165, 1.54) is 0 Å². The molecule has 0 amide bonds. The quantitative estimate of drug-likeness (QED) is 0.587. The summed E-state index contributed by atoms with van der Waals surface area (Å²) in [5.41, 5.74) is 6.14. The van der Waals surface area contributed by atoms with Crippen molar-refractivity contribution in [3.63, 3.8) is 0 Å². The third-order valence-electron chi connectivity index (χ3n) is 2.41. The summed E-state index contributed by atoms with van der Waals surface area (Å²) in [6, 6.07) is 9.19. The molecule has 1 aromatic carbocycles. The van der Waals surface area contributed by atoms with Gasteiger partial charge in [-0.25, -0.2) is 5.53 Å². The van der Waals surface area contributed by atoms with Crippen LogP contribution in [0, 0.1) is 0 Å². The first-order chi connectivity index (χ1) is 8.31. The van der Waals surface area contributed by atoms with Crippen LogP contribution in [-0.4, -0.2) is 23.2 Å². The average Bonchev–Trinajstić information content (AvgIpc) is 2.78. The summed E-state index contributed by atoms with van der Waals surface area (Å²) in [7, 11) is 0. The summed E-state index contributed by atoms with van der Waals surface area (Å²) < 4.78 is 0. The standard InChI is InChI=1S/C12H14N4O/c1-2-8-16-12(13-14-15-16)9-11(17)10-6-4-3-5-7-10/h2-7,14-15H,1,8-9H2. The highest BCUT2D eigenvalue weighted by Crippen LogP contribution is 2.06. The van der Waals surface area contributed by atoms with Crippen LogP contribution in [0.4, 0.5) is 0 Å². The molecule has 2 N–H and O–H groups in total.